The molecule has 0 unspecified atom stereocenters. The van der Waals surface area contributed by atoms with E-state index in [0.29, 0.717) is 37.6 Å². The zero-order valence-electron chi connectivity index (χ0n) is 14.6. The largest absolute Gasteiger partial charge is 0.354 e. The third-order valence-electron chi connectivity index (χ3n) is 3.87. The molecule has 2 aromatic heterocycles. The van der Waals surface area contributed by atoms with Gasteiger partial charge < -0.3 is 10.6 Å². The van der Waals surface area contributed by atoms with Gasteiger partial charge in [-0.2, -0.15) is 5.10 Å². The molecule has 2 rings (SSSR count). The van der Waals surface area contributed by atoms with Crippen LogP contribution in [0.25, 0.3) is 0 Å². The Morgan fingerprint density at radius 2 is 2.04 bits per heavy atom. The van der Waals surface area contributed by atoms with E-state index >= 15 is 0 Å². The van der Waals surface area contributed by atoms with Gasteiger partial charge in [0.2, 0.25) is 11.9 Å². The maximum absolute atomic E-state index is 11.9. The van der Waals surface area contributed by atoms with Gasteiger partial charge in [-0.05, 0) is 32.8 Å². The first-order valence-corrected chi connectivity index (χ1v) is 7.94. The van der Waals surface area contributed by atoms with Crippen LogP contribution in [0.2, 0.25) is 0 Å². The minimum atomic E-state index is -0.198. The number of hydrogen-bond acceptors (Lipinski definition) is 5. The van der Waals surface area contributed by atoms with Crippen LogP contribution in [0.1, 0.15) is 29.1 Å². The molecule has 0 saturated heterocycles. The standard InChI is InChI=1S/C16H24N6O2/c1-10-9-15(24)20-16(19-10)18-8-7-17-14(23)6-5-13-11(2)21-22(4)12(13)3/h9H,5-8H2,1-4H3,(H,17,23)(H2,18,19,20,24). The molecular formula is C16H24N6O2. The lowest BCUT2D eigenvalue weighted by atomic mass is 10.1. The molecule has 8 heteroatoms. The van der Waals surface area contributed by atoms with E-state index < -0.39 is 0 Å². The number of aromatic nitrogens is 4. The number of carbonyl (C=O) groups is 1. The molecule has 8 nitrogen and oxygen atoms in total. The van der Waals surface area contributed by atoms with Crippen molar-refractivity contribution < 1.29 is 4.79 Å². The molecule has 0 aromatic carbocycles. The van der Waals surface area contributed by atoms with E-state index in [1.54, 1.807) is 6.92 Å². The topological polar surface area (TPSA) is 105 Å². The SMILES string of the molecule is Cc1cc(=O)[nH]c(NCCNC(=O)CCc2c(C)nn(C)c2C)n1. The van der Waals surface area contributed by atoms with Crippen molar-refractivity contribution in [1.82, 2.24) is 25.1 Å². The Balaban J connectivity index is 1.72. The van der Waals surface area contributed by atoms with Gasteiger partial charge in [0.25, 0.3) is 5.56 Å². The molecule has 1 amide bonds. The smallest absolute Gasteiger partial charge is 0.252 e. The van der Waals surface area contributed by atoms with Crippen molar-refractivity contribution in [2.24, 2.45) is 7.05 Å². The molecule has 24 heavy (non-hydrogen) atoms. The molecule has 3 N–H and O–H groups in total. The number of anilines is 1. The summed E-state index contributed by atoms with van der Waals surface area (Å²) in [4.78, 5) is 30.0. The monoisotopic (exact) mass is 332 g/mol. The molecule has 0 radical (unpaired) electrons. The van der Waals surface area contributed by atoms with E-state index in [0.717, 1.165) is 17.0 Å². The molecule has 0 aliphatic heterocycles. The Hall–Kier alpha value is -2.64. The van der Waals surface area contributed by atoms with E-state index in [1.807, 2.05) is 25.6 Å². The van der Waals surface area contributed by atoms with Crippen LogP contribution in [0, 0.1) is 20.8 Å². The molecule has 2 aromatic rings. The fraction of sp³-hybridized carbons (Fsp3) is 0.500. The summed E-state index contributed by atoms with van der Waals surface area (Å²) in [5.41, 5.74) is 3.64. The summed E-state index contributed by atoms with van der Waals surface area (Å²) in [5.74, 6) is 0.404. The second-order valence-corrected chi connectivity index (χ2v) is 5.79. The molecule has 2 heterocycles. The van der Waals surface area contributed by atoms with E-state index in [1.165, 1.54) is 6.07 Å². The molecule has 0 fully saturated rings. The molecule has 0 saturated carbocycles. The molecule has 0 bridgehead atoms. The second-order valence-electron chi connectivity index (χ2n) is 5.79. The maximum atomic E-state index is 11.9. The average Bonchev–Trinajstić information content (AvgIpc) is 2.74. The normalized spacial score (nSPS) is 10.7. The fourth-order valence-electron chi connectivity index (χ4n) is 2.55. The van der Waals surface area contributed by atoms with E-state index in [9.17, 15) is 9.59 Å². The Morgan fingerprint density at radius 1 is 1.29 bits per heavy atom. The van der Waals surface area contributed by atoms with Crippen LogP contribution in [0.5, 0.6) is 0 Å². The summed E-state index contributed by atoms with van der Waals surface area (Å²) in [7, 11) is 1.90. The second kappa shape index (κ2) is 7.76. The number of aryl methyl sites for hydroxylation is 3. The third-order valence-corrected chi connectivity index (χ3v) is 3.87. The Morgan fingerprint density at radius 3 is 2.67 bits per heavy atom. The van der Waals surface area contributed by atoms with Crippen LogP contribution >= 0.6 is 0 Å². The molecule has 130 valence electrons. The fourth-order valence-corrected chi connectivity index (χ4v) is 2.55. The zero-order chi connectivity index (χ0) is 17.7. The number of amides is 1. The number of nitrogens with one attached hydrogen (secondary N) is 3. The van der Waals surface area contributed by atoms with Gasteiger partial charge in [-0.1, -0.05) is 0 Å². The first-order valence-electron chi connectivity index (χ1n) is 7.94. The lowest BCUT2D eigenvalue weighted by Crippen LogP contribution is -2.29. The average molecular weight is 332 g/mol. The summed E-state index contributed by atoms with van der Waals surface area (Å²) in [6, 6.07) is 1.43. The highest BCUT2D eigenvalue weighted by Gasteiger charge is 2.11. The van der Waals surface area contributed by atoms with Crippen molar-refractivity contribution in [1.29, 1.82) is 0 Å². The number of nitrogens with zero attached hydrogens (tertiary/aromatic N) is 3. The lowest BCUT2D eigenvalue weighted by molar-refractivity contribution is -0.120. The molecule has 0 aliphatic carbocycles. The third kappa shape index (κ3) is 4.68. The Labute approximate surface area is 140 Å². The summed E-state index contributed by atoms with van der Waals surface area (Å²) in [6.07, 6.45) is 1.10. The highest BCUT2D eigenvalue weighted by atomic mass is 16.1. The summed E-state index contributed by atoms with van der Waals surface area (Å²) in [5, 5.41) is 10.2. The van der Waals surface area contributed by atoms with Crippen LogP contribution in [0.3, 0.4) is 0 Å². The van der Waals surface area contributed by atoms with Crippen LogP contribution < -0.4 is 16.2 Å². The number of H-pyrrole nitrogens is 1. The summed E-state index contributed by atoms with van der Waals surface area (Å²) in [6.45, 7) is 6.67. The minimum absolute atomic E-state index is 0.00912. The first-order chi connectivity index (χ1) is 11.4. The van der Waals surface area contributed by atoms with Gasteiger partial charge in [0.15, 0.2) is 0 Å². The van der Waals surface area contributed by atoms with Gasteiger partial charge in [0.1, 0.15) is 0 Å². The molecule has 0 atom stereocenters. The summed E-state index contributed by atoms with van der Waals surface area (Å²) >= 11 is 0. The van der Waals surface area contributed by atoms with Crippen molar-refractivity contribution in [3.63, 3.8) is 0 Å². The van der Waals surface area contributed by atoms with E-state index in [2.05, 4.69) is 25.7 Å². The van der Waals surface area contributed by atoms with Crippen LogP contribution in [0.4, 0.5) is 5.95 Å². The summed E-state index contributed by atoms with van der Waals surface area (Å²) < 4.78 is 1.84. The van der Waals surface area contributed by atoms with Gasteiger partial charge in [0.05, 0.1) is 5.69 Å². The van der Waals surface area contributed by atoms with Crippen molar-refractivity contribution in [2.75, 3.05) is 18.4 Å². The van der Waals surface area contributed by atoms with Gasteiger partial charge in [-0.25, -0.2) is 4.98 Å². The molecular weight excluding hydrogens is 308 g/mol. The predicted molar refractivity (Wildman–Crippen MR) is 92.1 cm³/mol. The van der Waals surface area contributed by atoms with Crippen molar-refractivity contribution in [2.45, 2.75) is 33.6 Å². The van der Waals surface area contributed by atoms with Crippen molar-refractivity contribution in [3.05, 3.63) is 39.1 Å². The first kappa shape index (κ1) is 17.7. The molecule has 0 spiro atoms. The highest BCUT2D eigenvalue weighted by molar-refractivity contribution is 5.76. The van der Waals surface area contributed by atoms with Gasteiger partial charge in [-0.3, -0.25) is 19.3 Å². The van der Waals surface area contributed by atoms with Gasteiger partial charge >= 0.3 is 0 Å². The van der Waals surface area contributed by atoms with Crippen LogP contribution in [0.15, 0.2) is 10.9 Å². The molecule has 0 aliphatic rings. The van der Waals surface area contributed by atoms with Crippen molar-refractivity contribution >= 4 is 11.9 Å². The lowest BCUT2D eigenvalue weighted by Gasteiger charge is -2.08. The van der Waals surface area contributed by atoms with Crippen molar-refractivity contribution in [3.8, 4) is 0 Å². The number of hydrogen-bond donors (Lipinski definition) is 3. The van der Waals surface area contributed by atoms with E-state index in [4.69, 9.17) is 0 Å². The number of aromatic amines is 1. The van der Waals surface area contributed by atoms with Crippen LogP contribution in [-0.4, -0.2) is 38.7 Å². The quantitative estimate of drug-likeness (QED) is 0.644. The van der Waals surface area contributed by atoms with Gasteiger partial charge in [0, 0.05) is 44.0 Å². The van der Waals surface area contributed by atoms with Crippen LogP contribution in [-0.2, 0) is 18.3 Å². The zero-order valence-corrected chi connectivity index (χ0v) is 14.6. The number of rotatable bonds is 7. The minimum Gasteiger partial charge on any atom is -0.354 e. The maximum Gasteiger partial charge on any atom is 0.252 e. The number of carbonyl (C=O) groups excluding carboxylic acids is 1. The highest BCUT2D eigenvalue weighted by Crippen LogP contribution is 2.13. The predicted octanol–water partition coefficient (Wildman–Crippen LogP) is 0.590. The van der Waals surface area contributed by atoms with Gasteiger partial charge in [-0.15, -0.1) is 0 Å². The Bertz CT molecular complexity index is 777. The van der Waals surface area contributed by atoms with E-state index in [-0.39, 0.29) is 11.5 Å². The Kier molecular flexibility index (Phi) is 5.73.